The van der Waals surface area contributed by atoms with Gasteiger partial charge in [0.1, 0.15) is 0 Å². The van der Waals surface area contributed by atoms with E-state index in [-0.39, 0.29) is 12.4 Å². The van der Waals surface area contributed by atoms with Gasteiger partial charge in [0.05, 0.1) is 5.71 Å². The van der Waals surface area contributed by atoms with Crippen molar-refractivity contribution in [3.8, 4) is 0 Å². The third-order valence-corrected chi connectivity index (χ3v) is 2.99. The van der Waals surface area contributed by atoms with Crippen LogP contribution in [0.2, 0.25) is 0 Å². The van der Waals surface area contributed by atoms with Gasteiger partial charge in [-0.25, -0.2) is 0 Å². The standard InChI is InChI=1S/C11H23N3O.ClH/c1-13(2)7-9-5-6-10(8-14(3)4)11(9)12-15;/h9-10,15H,5-8H2,1-4H3;1H. The summed E-state index contributed by atoms with van der Waals surface area (Å²) < 4.78 is 0. The molecule has 1 aliphatic rings. The summed E-state index contributed by atoms with van der Waals surface area (Å²) >= 11 is 0. The van der Waals surface area contributed by atoms with Crippen LogP contribution in [0.3, 0.4) is 0 Å². The molecule has 4 nitrogen and oxygen atoms in total. The highest BCUT2D eigenvalue weighted by Crippen LogP contribution is 2.29. The van der Waals surface area contributed by atoms with Crippen LogP contribution in [0.15, 0.2) is 5.16 Å². The summed E-state index contributed by atoms with van der Waals surface area (Å²) in [5.74, 6) is 0.880. The lowest BCUT2D eigenvalue weighted by molar-refractivity contribution is 0.303. The summed E-state index contributed by atoms with van der Waals surface area (Å²) in [6.45, 7) is 1.98. The summed E-state index contributed by atoms with van der Waals surface area (Å²) in [7, 11) is 8.26. The molecule has 1 saturated carbocycles. The zero-order valence-electron chi connectivity index (χ0n) is 10.7. The minimum absolute atomic E-state index is 0. The third kappa shape index (κ3) is 4.28. The molecule has 0 aromatic carbocycles. The van der Waals surface area contributed by atoms with E-state index in [4.69, 9.17) is 5.21 Å². The van der Waals surface area contributed by atoms with E-state index in [9.17, 15) is 0 Å². The molecule has 0 bridgehead atoms. The SMILES string of the molecule is CN(C)CC1CCC(CN(C)C)C1=NO.Cl. The first-order valence-corrected chi connectivity index (χ1v) is 5.56. The Kier molecular flexibility index (Phi) is 6.95. The minimum atomic E-state index is 0. The van der Waals surface area contributed by atoms with Crippen LogP contribution in [0.4, 0.5) is 0 Å². The summed E-state index contributed by atoms with van der Waals surface area (Å²) in [5, 5.41) is 12.6. The maximum absolute atomic E-state index is 9.08. The predicted molar refractivity (Wildman–Crippen MR) is 69.8 cm³/mol. The molecule has 1 rings (SSSR count). The summed E-state index contributed by atoms with van der Waals surface area (Å²) in [4.78, 5) is 4.32. The maximum atomic E-state index is 9.08. The van der Waals surface area contributed by atoms with Crippen LogP contribution in [-0.2, 0) is 0 Å². The third-order valence-electron chi connectivity index (χ3n) is 2.99. The van der Waals surface area contributed by atoms with E-state index in [2.05, 4.69) is 43.1 Å². The highest BCUT2D eigenvalue weighted by molar-refractivity contribution is 5.90. The molecule has 5 heteroatoms. The number of halogens is 1. The van der Waals surface area contributed by atoms with Crippen molar-refractivity contribution >= 4 is 18.1 Å². The smallest absolute Gasteiger partial charge is 0.0657 e. The molecule has 1 N–H and O–H groups in total. The highest BCUT2D eigenvalue weighted by atomic mass is 35.5. The van der Waals surface area contributed by atoms with E-state index in [0.717, 1.165) is 31.6 Å². The number of rotatable bonds is 4. The second-order valence-electron chi connectivity index (χ2n) is 5.02. The Morgan fingerprint density at radius 2 is 1.44 bits per heavy atom. The molecule has 96 valence electrons. The molecule has 1 fully saturated rings. The molecular weight excluding hydrogens is 226 g/mol. The highest BCUT2D eigenvalue weighted by Gasteiger charge is 2.32. The number of hydrogen-bond acceptors (Lipinski definition) is 4. The zero-order chi connectivity index (χ0) is 11.4. The van der Waals surface area contributed by atoms with Crippen molar-refractivity contribution in [2.75, 3.05) is 41.3 Å². The number of oxime groups is 1. The lowest BCUT2D eigenvalue weighted by Gasteiger charge is -2.19. The molecule has 0 spiro atoms. The number of hydrogen-bond donors (Lipinski definition) is 1. The van der Waals surface area contributed by atoms with Gasteiger partial charge in [-0.05, 0) is 41.0 Å². The number of nitrogens with zero attached hydrogens (tertiary/aromatic N) is 3. The fourth-order valence-electron chi connectivity index (χ4n) is 2.45. The van der Waals surface area contributed by atoms with Crippen molar-refractivity contribution in [1.82, 2.24) is 9.80 Å². The first-order valence-electron chi connectivity index (χ1n) is 5.56. The monoisotopic (exact) mass is 249 g/mol. The minimum Gasteiger partial charge on any atom is -0.411 e. The first kappa shape index (κ1) is 15.7. The first-order chi connectivity index (χ1) is 7.04. The van der Waals surface area contributed by atoms with Crippen molar-refractivity contribution < 1.29 is 5.21 Å². The molecule has 1 aliphatic carbocycles. The van der Waals surface area contributed by atoms with E-state index in [1.165, 1.54) is 0 Å². The van der Waals surface area contributed by atoms with Crippen LogP contribution < -0.4 is 0 Å². The average Bonchev–Trinajstić information content (AvgIpc) is 2.45. The second kappa shape index (κ2) is 7.09. The van der Waals surface area contributed by atoms with Crippen LogP contribution >= 0.6 is 12.4 Å². The molecule has 0 amide bonds. The van der Waals surface area contributed by atoms with E-state index >= 15 is 0 Å². The Morgan fingerprint density at radius 1 is 1.06 bits per heavy atom. The topological polar surface area (TPSA) is 39.1 Å². The Morgan fingerprint density at radius 3 is 1.69 bits per heavy atom. The van der Waals surface area contributed by atoms with Gasteiger partial charge in [0.25, 0.3) is 0 Å². The maximum Gasteiger partial charge on any atom is 0.0657 e. The molecular formula is C11H24ClN3O. The molecule has 2 atom stereocenters. The summed E-state index contributed by atoms with van der Waals surface area (Å²) in [6, 6.07) is 0. The summed E-state index contributed by atoms with van der Waals surface area (Å²) in [5.41, 5.74) is 0.998. The van der Waals surface area contributed by atoms with Gasteiger partial charge in [0, 0.05) is 24.9 Å². The van der Waals surface area contributed by atoms with Gasteiger partial charge in [0.2, 0.25) is 0 Å². The van der Waals surface area contributed by atoms with Gasteiger partial charge in [-0.1, -0.05) is 5.16 Å². The fraction of sp³-hybridized carbons (Fsp3) is 0.909. The lowest BCUT2D eigenvalue weighted by atomic mass is 10.0. The molecule has 0 heterocycles. The molecule has 0 aromatic heterocycles. The van der Waals surface area contributed by atoms with E-state index < -0.39 is 0 Å². The Labute approximate surface area is 105 Å². The Bertz CT molecular complexity index is 211. The van der Waals surface area contributed by atoms with E-state index in [0.29, 0.717) is 11.8 Å². The molecule has 0 saturated heterocycles. The fourth-order valence-corrected chi connectivity index (χ4v) is 2.45. The van der Waals surface area contributed by atoms with Gasteiger partial charge in [-0.15, -0.1) is 12.4 Å². The van der Waals surface area contributed by atoms with Crippen LogP contribution in [0.5, 0.6) is 0 Å². The quantitative estimate of drug-likeness (QED) is 0.605. The molecule has 0 radical (unpaired) electrons. The van der Waals surface area contributed by atoms with Gasteiger partial charge >= 0.3 is 0 Å². The van der Waals surface area contributed by atoms with Crippen molar-refractivity contribution in [1.29, 1.82) is 0 Å². The Hall–Kier alpha value is -0.320. The van der Waals surface area contributed by atoms with Gasteiger partial charge in [-0.2, -0.15) is 0 Å². The molecule has 16 heavy (non-hydrogen) atoms. The van der Waals surface area contributed by atoms with Crippen LogP contribution in [-0.4, -0.2) is 62.0 Å². The second-order valence-corrected chi connectivity index (χ2v) is 5.02. The van der Waals surface area contributed by atoms with Gasteiger partial charge in [-0.3, -0.25) is 0 Å². The van der Waals surface area contributed by atoms with Crippen molar-refractivity contribution in [3.05, 3.63) is 0 Å². The van der Waals surface area contributed by atoms with Crippen LogP contribution in [0.1, 0.15) is 12.8 Å². The van der Waals surface area contributed by atoms with E-state index in [1.807, 2.05) is 0 Å². The van der Waals surface area contributed by atoms with Crippen molar-refractivity contribution in [2.45, 2.75) is 12.8 Å². The molecule has 0 aromatic rings. The molecule has 0 aliphatic heterocycles. The Balaban J connectivity index is 0.00000225. The van der Waals surface area contributed by atoms with Crippen LogP contribution in [0.25, 0.3) is 0 Å². The summed E-state index contributed by atoms with van der Waals surface area (Å²) in [6.07, 6.45) is 2.30. The van der Waals surface area contributed by atoms with Crippen LogP contribution in [0, 0.1) is 11.8 Å². The zero-order valence-corrected chi connectivity index (χ0v) is 11.5. The predicted octanol–water partition coefficient (Wildman–Crippen LogP) is 1.39. The van der Waals surface area contributed by atoms with Crippen molar-refractivity contribution in [3.63, 3.8) is 0 Å². The average molecular weight is 250 g/mol. The molecule has 2 unspecified atom stereocenters. The normalized spacial score (nSPS) is 25.0. The largest absolute Gasteiger partial charge is 0.411 e. The van der Waals surface area contributed by atoms with Gasteiger partial charge in [0.15, 0.2) is 0 Å². The van der Waals surface area contributed by atoms with Gasteiger partial charge < -0.3 is 15.0 Å². The lowest BCUT2D eigenvalue weighted by Crippen LogP contribution is -2.30. The van der Waals surface area contributed by atoms with E-state index in [1.54, 1.807) is 0 Å². The van der Waals surface area contributed by atoms with Crippen molar-refractivity contribution in [2.24, 2.45) is 17.0 Å².